The van der Waals surface area contributed by atoms with Gasteiger partial charge in [-0.25, -0.2) is 4.79 Å². The Kier molecular flexibility index (Phi) is 7.01. The number of hydrogen-bond donors (Lipinski definition) is 1. The van der Waals surface area contributed by atoms with Crippen LogP contribution in [0.2, 0.25) is 10.0 Å². The molecule has 2 aromatic carbocycles. The maximum absolute atomic E-state index is 12.2. The molecule has 2 aromatic rings. The van der Waals surface area contributed by atoms with Crippen LogP contribution in [0.25, 0.3) is 0 Å². The Morgan fingerprint density at radius 3 is 2.46 bits per heavy atom. The Morgan fingerprint density at radius 1 is 1.07 bits per heavy atom. The van der Waals surface area contributed by atoms with Crippen LogP contribution in [0.1, 0.15) is 12.8 Å². The molecule has 0 bridgehead atoms. The SMILES string of the molecule is O=C(COc1ccc(Cl)cc1Cl)NC1CCN(C(=O)Oc2ccccc2)CC1. The quantitative estimate of drug-likeness (QED) is 0.785. The van der Waals surface area contributed by atoms with E-state index in [4.69, 9.17) is 32.7 Å². The third-order valence-corrected chi connectivity index (χ3v) is 4.85. The Labute approximate surface area is 173 Å². The van der Waals surface area contributed by atoms with Gasteiger partial charge in [-0.2, -0.15) is 0 Å². The number of amides is 2. The molecule has 0 aliphatic carbocycles. The van der Waals surface area contributed by atoms with Crippen molar-refractivity contribution in [2.24, 2.45) is 0 Å². The fraction of sp³-hybridized carbons (Fsp3) is 0.300. The van der Waals surface area contributed by atoms with Crippen molar-refractivity contribution in [3.8, 4) is 11.5 Å². The van der Waals surface area contributed by atoms with Crippen molar-refractivity contribution >= 4 is 35.2 Å². The van der Waals surface area contributed by atoms with E-state index in [1.807, 2.05) is 18.2 Å². The number of para-hydroxylation sites is 1. The molecule has 1 N–H and O–H groups in total. The molecule has 8 heteroatoms. The molecule has 3 rings (SSSR count). The van der Waals surface area contributed by atoms with Gasteiger partial charge in [0.1, 0.15) is 11.5 Å². The molecule has 148 valence electrons. The van der Waals surface area contributed by atoms with Gasteiger partial charge < -0.3 is 19.7 Å². The van der Waals surface area contributed by atoms with Crippen LogP contribution in [0.4, 0.5) is 4.79 Å². The number of rotatable bonds is 5. The lowest BCUT2D eigenvalue weighted by molar-refractivity contribution is -0.124. The fourth-order valence-electron chi connectivity index (χ4n) is 2.87. The maximum Gasteiger partial charge on any atom is 0.415 e. The number of carbonyl (C=O) groups excluding carboxylic acids is 2. The Morgan fingerprint density at radius 2 is 1.79 bits per heavy atom. The molecular formula is C20H20Cl2N2O4. The van der Waals surface area contributed by atoms with Crippen LogP contribution in [-0.2, 0) is 4.79 Å². The number of nitrogens with one attached hydrogen (secondary N) is 1. The van der Waals surface area contributed by atoms with Gasteiger partial charge in [-0.1, -0.05) is 41.4 Å². The summed E-state index contributed by atoms with van der Waals surface area (Å²) in [7, 11) is 0. The molecule has 1 heterocycles. The van der Waals surface area contributed by atoms with Gasteiger partial charge >= 0.3 is 6.09 Å². The first-order chi connectivity index (χ1) is 13.5. The minimum absolute atomic E-state index is 0.0161. The second-order valence-corrected chi connectivity index (χ2v) is 7.22. The van der Waals surface area contributed by atoms with Crippen LogP contribution in [0.5, 0.6) is 11.5 Å². The van der Waals surface area contributed by atoms with E-state index in [2.05, 4.69) is 5.32 Å². The average molecular weight is 423 g/mol. The fourth-order valence-corrected chi connectivity index (χ4v) is 3.33. The van der Waals surface area contributed by atoms with Gasteiger partial charge in [-0.15, -0.1) is 0 Å². The summed E-state index contributed by atoms with van der Waals surface area (Å²) in [5.74, 6) is 0.678. The Hall–Kier alpha value is -2.44. The average Bonchev–Trinajstić information content (AvgIpc) is 2.68. The standard InChI is InChI=1S/C20H20Cl2N2O4/c21-14-6-7-18(17(22)12-14)27-13-19(25)23-15-8-10-24(11-9-15)20(26)28-16-4-2-1-3-5-16/h1-7,12,15H,8-11,13H2,(H,23,25). The Balaban J connectivity index is 1.40. The van der Waals surface area contributed by atoms with Crippen molar-refractivity contribution in [1.82, 2.24) is 10.2 Å². The zero-order chi connectivity index (χ0) is 19.9. The highest BCUT2D eigenvalue weighted by molar-refractivity contribution is 6.35. The van der Waals surface area contributed by atoms with E-state index in [0.717, 1.165) is 0 Å². The van der Waals surface area contributed by atoms with Crippen molar-refractivity contribution in [2.45, 2.75) is 18.9 Å². The van der Waals surface area contributed by atoms with Crippen LogP contribution in [-0.4, -0.2) is 42.6 Å². The summed E-state index contributed by atoms with van der Waals surface area (Å²) in [5.41, 5.74) is 0. The van der Waals surface area contributed by atoms with Crippen molar-refractivity contribution in [2.75, 3.05) is 19.7 Å². The maximum atomic E-state index is 12.2. The van der Waals surface area contributed by atoms with Gasteiger partial charge in [0, 0.05) is 24.2 Å². The van der Waals surface area contributed by atoms with E-state index < -0.39 is 0 Å². The predicted molar refractivity (Wildman–Crippen MR) is 107 cm³/mol. The molecule has 6 nitrogen and oxygen atoms in total. The van der Waals surface area contributed by atoms with Crippen molar-refractivity contribution in [3.63, 3.8) is 0 Å². The molecule has 0 spiro atoms. The molecular weight excluding hydrogens is 403 g/mol. The number of carbonyl (C=O) groups is 2. The predicted octanol–water partition coefficient (Wildman–Crippen LogP) is 4.15. The van der Waals surface area contributed by atoms with Gasteiger partial charge in [0.05, 0.1) is 5.02 Å². The summed E-state index contributed by atoms with van der Waals surface area (Å²) >= 11 is 11.8. The first-order valence-electron chi connectivity index (χ1n) is 8.90. The van der Waals surface area contributed by atoms with Crippen LogP contribution in [0, 0.1) is 0 Å². The molecule has 0 unspecified atom stereocenters. The molecule has 1 aliphatic heterocycles. The van der Waals surface area contributed by atoms with Gasteiger partial charge in [0.15, 0.2) is 6.61 Å². The first kappa shape index (κ1) is 20.3. The lowest BCUT2D eigenvalue weighted by Gasteiger charge is -2.31. The minimum Gasteiger partial charge on any atom is -0.482 e. The zero-order valence-electron chi connectivity index (χ0n) is 15.1. The summed E-state index contributed by atoms with van der Waals surface area (Å²) < 4.78 is 10.8. The van der Waals surface area contributed by atoms with Gasteiger partial charge in [0.25, 0.3) is 5.91 Å². The highest BCUT2D eigenvalue weighted by Gasteiger charge is 2.25. The van der Waals surface area contributed by atoms with E-state index >= 15 is 0 Å². The number of halogens is 2. The largest absolute Gasteiger partial charge is 0.482 e. The summed E-state index contributed by atoms with van der Waals surface area (Å²) in [5, 5.41) is 3.77. The molecule has 0 atom stereocenters. The number of benzene rings is 2. The molecule has 0 aromatic heterocycles. The van der Waals surface area contributed by atoms with Crippen molar-refractivity contribution in [3.05, 3.63) is 58.6 Å². The second kappa shape index (κ2) is 9.66. The molecule has 28 heavy (non-hydrogen) atoms. The van der Waals surface area contributed by atoms with Gasteiger partial charge in [-0.05, 0) is 43.2 Å². The van der Waals surface area contributed by atoms with Crippen LogP contribution in [0.3, 0.4) is 0 Å². The molecule has 1 fully saturated rings. The van der Waals surface area contributed by atoms with E-state index in [9.17, 15) is 9.59 Å². The van der Waals surface area contributed by atoms with Crippen LogP contribution in [0.15, 0.2) is 48.5 Å². The highest BCUT2D eigenvalue weighted by Crippen LogP contribution is 2.27. The van der Waals surface area contributed by atoms with Gasteiger partial charge in [0.2, 0.25) is 0 Å². The topological polar surface area (TPSA) is 67.9 Å². The van der Waals surface area contributed by atoms with E-state index in [1.54, 1.807) is 35.2 Å². The summed E-state index contributed by atoms with van der Waals surface area (Å²) in [6.45, 7) is 0.887. The number of nitrogens with zero attached hydrogens (tertiary/aromatic N) is 1. The lowest BCUT2D eigenvalue weighted by Crippen LogP contribution is -2.48. The summed E-state index contributed by atoms with van der Waals surface area (Å²) in [4.78, 5) is 25.9. The highest BCUT2D eigenvalue weighted by atomic mass is 35.5. The van der Waals surface area contributed by atoms with E-state index in [-0.39, 0.29) is 24.6 Å². The number of likely N-dealkylation sites (tertiary alicyclic amines) is 1. The zero-order valence-corrected chi connectivity index (χ0v) is 16.6. The number of hydrogen-bond acceptors (Lipinski definition) is 4. The number of piperidine rings is 1. The molecule has 0 saturated carbocycles. The molecule has 0 radical (unpaired) electrons. The Bertz CT molecular complexity index is 824. The van der Waals surface area contributed by atoms with Crippen LogP contribution >= 0.6 is 23.2 Å². The second-order valence-electron chi connectivity index (χ2n) is 6.37. The van der Waals surface area contributed by atoms with E-state index in [1.165, 1.54) is 0 Å². The van der Waals surface area contributed by atoms with E-state index in [0.29, 0.717) is 47.5 Å². The third kappa shape index (κ3) is 5.78. The lowest BCUT2D eigenvalue weighted by atomic mass is 10.1. The smallest absolute Gasteiger partial charge is 0.415 e. The first-order valence-corrected chi connectivity index (χ1v) is 9.66. The van der Waals surface area contributed by atoms with Crippen LogP contribution < -0.4 is 14.8 Å². The minimum atomic E-state index is -0.378. The van der Waals surface area contributed by atoms with Crippen molar-refractivity contribution < 1.29 is 19.1 Å². The normalized spacial score (nSPS) is 14.4. The molecule has 1 aliphatic rings. The number of ether oxygens (including phenoxy) is 2. The summed E-state index contributed by atoms with van der Waals surface area (Å²) in [6.07, 6.45) is 0.922. The van der Waals surface area contributed by atoms with Crippen molar-refractivity contribution in [1.29, 1.82) is 0 Å². The molecule has 2 amide bonds. The third-order valence-electron chi connectivity index (χ3n) is 4.32. The van der Waals surface area contributed by atoms with Gasteiger partial charge in [-0.3, -0.25) is 4.79 Å². The molecule has 1 saturated heterocycles. The monoisotopic (exact) mass is 422 g/mol. The summed E-state index contributed by atoms with van der Waals surface area (Å²) in [6, 6.07) is 13.7.